The minimum Gasteiger partial charge on any atom is -0.459 e. The van der Waals surface area contributed by atoms with Crippen molar-refractivity contribution >= 4 is 41.0 Å². The zero-order valence-electron chi connectivity index (χ0n) is 13.2. The molecule has 6 nitrogen and oxygen atoms in total. The number of rotatable bonds is 4. The molecule has 0 N–H and O–H groups in total. The molecule has 0 fully saturated rings. The third-order valence-electron chi connectivity index (χ3n) is 3.83. The normalized spacial score (nSPS) is 12.7. The smallest absolute Gasteiger partial charge is 0.326 e. The summed E-state index contributed by atoms with van der Waals surface area (Å²) in [6.45, 7) is -0.681. The molecule has 0 saturated carbocycles. The molecule has 0 unspecified atom stereocenters. The first-order valence-corrected chi connectivity index (χ1v) is 8.17. The SMILES string of the molecule is N#Cc1ccccc1COC(=O)CN1C(=O)c2cc(Cl)c(Cl)cc2C1=O. The van der Waals surface area contributed by atoms with Gasteiger partial charge in [0.15, 0.2) is 0 Å². The molecule has 2 amide bonds. The molecule has 1 aliphatic heterocycles. The van der Waals surface area contributed by atoms with E-state index < -0.39 is 24.3 Å². The first kappa shape index (κ1) is 17.9. The number of ether oxygens (including phenoxy) is 1. The second kappa shape index (κ2) is 7.16. The van der Waals surface area contributed by atoms with Crippen molar-refractivity contribution in [1.29, 1.82) is 5.26 Å². The van der Waals surface area contributed by atoms with E-state index in [1.807, 2.05) is 6.07 Å². The van der Waals surface area contributed by atoms with E-state index in [1.54, 1.807) is 24.3 Å². The van der Waals surface area contributed by atoms with Crippen LogP contribution in [0.3, 0.4) is 0 Å². The number of amides is 2. The summed E-state index contributed by atoms with van der Waals surface area (Å²) in [7, 11) is 0. The van der Waals surface area contributed by atoms with Gasteiger partial charge in [0.05, 0.1) is 32.8 Å². The molecule has 3 rings (SSSR count). The molecule has 1 aliphatic rings. The van der Waals surface area contributed by atoms with Crippen LogP contribution in [0, 0.1) is 11.3 Å². The van der Waals surface area contributed by atoms with Crippen molar-refractivity contribution in [1.82, 2.24) is 4.90 Å². The van der Waals surface area contributed by atoms with Gasteiger partial charge in [-0.1, -0.05) is 41.4 Å². The molecule has 0 atom stereocenters. The molecule has 0 saturated heterocycles. The van der Waals surface area contributed by atoms with Crippen molar-refractivity contribution in [3.05, 3.63) is 68.7 Å². The molecule has 26 heavy (non-hydrogen) atoms. The van der Waals surface area contributed by atoms with E-state index in [0.717, 1.165) is 4.90 Å². The number of carbonyl (C=O) groups excluding carboxylic acids is 3. The van der Waals surface area contributed by atoms with E-state index in [1.165, 1.54) is 12.1 Å². The van der Waals surface area contributed by atoms with Crippen LogP contribution < -0.4 is 0 Å². The Bertz CT molecular complexity index is 941. The number of hydrogen-bond donors (Lipinski definition) is 0. The Morgan fingerprint density at radius 1 is 1.08 bits per heavy atom. The van der Waals surface area contributed by atoms with E-state index in [9.17, 15) is 14.4 Å². The maximum Gasteiger partial charge on any atom is 0.326 e. The third-order valence-corrected chi connectivity index (χ3v) is 4.55. The number of nitrogens with zero attached hydrogens (tertiary/aromatic N) is 2. The molecule has 1 heterocycles. The topological polar surface area (TPSA) is 87.5 Å². The van der Waals surface area contributed by atoms with Gasteiger partial charge in [0.2, 0.25) is 0 Å². The number of nitriles is 1. The maximum absolute atomic E-state index is 12.3. The minimum absolute atomic E-state index is 0.0898. The molecule has 0 spiro atoms. The van der Waals surface area contributed by atoms with Gasteiger partial charge in [0.1, 0.15) is 13.2 Å². The van der Waals surface area contributed by atoms with E-state index in [0.29, 0.717) is 11.1 Å². The van der Waals surface area contributed by atoms with Crippen LogP contribution in [0.1, 0.15) is 31.8 Å². The molecular formula is C18H10Cl2N2O4. The summed E-state index contributed by atoms with van der Waals surface area (Å²) in [5, 5.41) is 9.30. The highest BCUT2D eigenvalue weighted by molar-refractivity contribution is 6.43. The predicted molar refractivity (Wildman–Crippen MR) is 92.8 cm³/mol. The van der Waals surface area contributed by atoms with Crippen LogP contribution >= 0.6 is 23.2 Å². The number of fused-ring (bicyclic) bond motifs is 1. The zero-order valence-corrected chi connectivity index (χ0v) is 14.7. The van der Waals surface area contributed by atoms with Crippen molar-refractivity contribution in [2.24, 2.45) is 0 Å². The Balaban J connectivity index is 1.70. The summed E-state index contributed by atoms with van der Waals surface area (Å²) >= 11 is 11.7. The average Bonchev–Trinajstić information content (AvgIpc) is 2.85. The van der Waals surface area contributed by atoms with Gasteiger partial charge in [-0.3, -0.25) is 19.3 Å². The largest absolute Gasteiger partial charge is 0.459 e. The quantitative estimate of drug-likeness (QED) is 0.592. The molecule has 2 aromatic rings. The molecule has 0 aliphatic carbocycles. The molecule has 0 bridgehead atoms. The van der Waals surface area contributed by atoms with E-state index >= 15 is 0 Å². The Labute approximate surface area is 158 Å². The first-order valence-electron chi connectivity index (χ1n) is 7.41. The van der Waals surface area contributed by atoms with Crippen LogP contribution in [0.15, 0.2) is 36.4 Å². The molecule has 8 heteroatoms. The number of carbonyl (C=O) groups is 3. The first-order chi connectivity index (χ1) is 12.4. The Morgan fingerprint density at radius 2 is 1.65 bits per heavy atom. The van der Waals surface area contributed by atoms with E-state index in [4.69, 9.17) is 33.2 Å². The van der Waals surface area contributed by atoms with Gasteiger partial charge in [-0.05, 0) is 18.2 Å². The summed E-state index contributed by atoms with van der Waals surface area (Å²) in [6, 6.07) is 11.2. The van der Waals surface area contributed by atoms with Crippen LogP contribution in [-0.4, -0.2) is 29.2 Å². The zero-order chi connectivity index (χ0) is 18.8. The summed E-state index contributed by atoms with van der Waals surface area (Å²) in [5.74, 6) is -2.06. The number of esters is 1. The fraction of sp³-hybridized carbons (Fsp3) is 0.111. The summed E-state index contributed by atoms with van der Waals surface area (Å²) in [4.78, 5) is 37.5. The fourth-order valence-electron chi connectivity index (χ4n) is 2.52. The lowest BCUT2D eigenvalue weighted by molar-refractivity contribution is -0.145. The number of benzene rings is 2. The highest BCUT2D eigenvalue weighted by Crippen LogP contribution is 2.31. The lowest BCUT2D eigenvalue weighted by Gasteiger charge is -2.13. The van der Waals surface area contributed by atoms with Crippen molar-refractivity contribution in [2.45, 2.75) is 6.61 Å². The van der Waals surface area contributed by atoms with Gasteiger partial charge < -0.3 is 4.74 Å². The maximum atomic E-state index is 12.3. The van der Waals surface area contributed by atoms with Gasteiger partial charge in [0, 0.05) is 5.56 Å². The Hall–Kier alpha value is -2.88. The van der Waals surface area contributed by atoms with E-state index in [-0.39, 0.29) is 27.8 Å². The summed E-state index contributed by atoms with van der Waals surface area (Å²) in [6.07, 6.45) is 0. The molecule has 0 aromatic heterocycles. The van der Waals surface area contributed by atoms with Crippen LogP contribution in [0.5, 0.6) is 0 Å². The van der Waals surface area contributed by atoms with Crippen LogP contribution in [0.2, 0.25) is 10.0 Å². The van der Waals surface area contributed by atoms with Crippen molar-refractivity contribution in [2.75, 3.05) is 6.54 Å². The van der Waals surface area contributed by atoms with Gasteiger partial charge in [-0.15, -0.1) is 0 Å². The van der Waals surface area contributed by atoms with Crippen molar-refractivity contribution < 1.29 is 19.1 Å². The van der Waals surface area contributed by atoms with Crippen LogP contribution in [0.25, 0.3) is 0 Å². The second-order valence-electron chi connectivity index (χ2n) is 5.44. The number of halogens is 2. The second-order valence-corrected chi connectivity index (χ2v) is 6.25. The third kappa shape index (κ3) is 3.27. The Morgan fingerprint density at radius 3 is 2.23 bits per heavy atom. The standard InChI is InChI=1S/C18H10Cl2N2O4/c19-14-5-12-13(6-15(14)20)18(25)22(17(12)24)8-16(23)26-9-11-4-2-1-3-10(11)7-21/h1-6H,8-9H2. The number of hydrogen-bond acceptors (Lipinski definition) is 5. The molecule has 130 valence electrons. The van der Waals surface area contributed by atoms with Gasteiger partial charge in [-0.2, -0.15) is 5.26 Å². The highest BCUT2D eigenvalue weighted by atomic mass is 35.5. The minimum atomic E-state index is -0.774. The van der Waals surface area contributed by atoms with Gasteiger partial charge >= 0.3 is 5.97 Å². The summed E-state index contributed by atoms with van der Waals surface area (Å²) in [5.41, 5.74) is 1.09. The van der Waals surface area contributed by atoms with Gasteiger partial charge in [-0.25, -0.2) is 0 Å². The van der Waals surface area contributed by atoms with Gasteiger partial charge in [0.25, 0.3) is 11.8 Å². The fourth-order valence-corrected chi connectivity index (χ4v) is 2.84. The van der Waals surface area contributed by atoms with Crippen molar-refractivity contribution in [3.8, 4) is 6.07 Å². The van der Waals surface area contributed by atoms with Crippen LogP contribution in [-0.2, 0) is 16.1 Å². The van der Waals surface area contributed by atoms with Crippen molar-refractivity contribution in [3.63, 3.8) is 0 Å². The number of imide groups is 1. The monoisotopic (exact) mass is 388 g/mol. The average molecular weight is 389 g/mol. The highest BCUT2D eigenvalue weighted by Gasteiger charge is 2.37. The molecule has 0 radical (unpaired) electrons. The Kier molecular flexibility index (Phi) is 4.94. The summed E-state index contributed by atoms with van der Waals surface area (Å²) < 4.78 is 5.09. The lowest BCUT2D eigenvalue weighted by Crippen LogP contribution is -2.35. The van der Waals surface area contributed by atoms with Crippen LogP contribution in [0.4, 0.5) is 0 Å². The predicted octanol–water partition coefficient (Wildman–Crippen LogP) is 3.20. The molecular weight excluding hydrogens is 379 g/mol. The molecule has 2 aromatic carbocycles. The lowest BCUT2D eigenvalue weighted by atomic mass is 10.1. The van der Waals surface area contributed by atoms with E-state index in [2.05, 4.69) is 0 Å².